The molecule has 0 radical (unpaired) electrons. The predicted octanol–water partition coefficient (Wildman–Crippen LogP) is 3.11. The second-order valence-corrected chi connectivity index (χ2v) is 7.39. The van der Waals surface area contributed by atoms with Gasteiger partial charge in [-0.15, -0.1) is 0 Å². The normalized spacial score (nSPS) is 36.7. The van der Waals surface area contributed by atoms with Crippen LogP contribution in [0.5, 0.6) is 0 Å². The summed E-state index contributed by atoms with van der Waals surface area (Å²) in [4.78, 5) is 12.5. The number of anilines is 1. The van der Waals surface area contributed by atoms with E-state index in [0.29, 0.717) is 5.56 Å². The van der Waals surface area contributed by atoms with Crippen molar-refractivity contribution in [3.63, 3.8) is 0 Å². The van der Waals surface area contributed by atoms with Gasteiger partial charge in [0.05, 0.1) is 5.69 Å². The van der Waals surface area contributed by atoms with Gasteiger partial charge in [-0.1, -0.05) is 0 Å². The zero-order valence-electron chi connectivity index (χ0n) is 12.1. The molecule has 3 nitrogen and oxygen atoms in total. The molecule has 4 fully saturated rings. The molecule has 0 saturated heterocycles. The van der Waals surface area contributed by atoms with Gasteiger partial charge in [0.2, 0.25) is 0 Å². The number of carbonyl (C=O) groups excluding carboxylic acids is 1. The molecular formula is C17H21FN2O. The van der Waals surface area contributed by atoms with Crippen LogP contribution >= 0.6 is 0 Å². The maximum atomic E-state index is 13.5. The zero-order chi connectivity index (χ0) is 14.6. The van der Waals surface area contributed by atoms with Crippen LogP contribution < -0.4 is 11.1 Å². The van der Waals surface area contributed by atoms with E-state index in [1.807, 2.05) is 0 Å². The third-order valence-corrected chi connectivity index (χ3v) is 5.68. The lowest BCUT2D eigenvalue weighted by molar-refractivity contribution is -0.0167. The molecule has 21 heavy (non-hydrogen) atoms. The van der Waals surface area contributed by atoms with Gasteiger partial charge in [0, 0.05) is 11.1 Å². The fourth-order valence-electron chi connectivity index (χ4n) is 5.25. The Bertz CT molecular complexity index is 563. The summed E-state index contributed by atoms with van der Waals surface area (Å²) in [5, 5.41) is 3.24. The quantitative estimate of drug-likeness (QED) is 0.822. The first kappa shape index (κ1) is 13.1. The Hall–Kier alpha value is -1.58. The van der Waals surface area contributed by atoms with Gasteiger partial charge in [-0.25, -0.2) is 4.39 Å². The second-order valence-electron chi connectivity index (χ2n) is 7.39. The molecule has 1 aromatic rings. The van der Waals surface area contributed by atoms with E-state index >= 15 is 0 Å². The van der Waals surface area contributed by atoms with Crippen molar-refractivity contribution in [1.29, 1.82) is 0 Å². The summed E-state index contributed by atoms with van der Waals surface area (Å²) in [6, 6.07) is 4.31. The average Bonchev–Trinajstić information content (AvgIpc) is 2.39. The van der Waals surface area contributed by atoms with Crippen molar-refractivity contribution in [2.24, 2.45) is 17.8 Å². The third kappa shape index (κ3) is 2.21. The minimum absolute atomic E-state index is 0.0380. The number of carbonyl (C=O) groups is 1. The number of nitrogens with one attached hydrogen (secondary N) is 1. The summed E-state index contributed by atoms with van der Waals surface area (Å²) in [5.41, 5.74) is 5.89. The van der Waals surface area contributed by atoms with E-state index in [1.54, 1.807) is 6.07 Å². The zero-order valence-corrected chi connectivity index (χ0v) is 12.1. The molecule has 4 aliphatic carbocycles. The van der Waals surface area contributed by atoms with Gasteiger partial charge in [-0.05, 0) is 74.5 Å². The summed E-state index contributed by atoms with van der Waals surface area (Å²) in [7, 11) is 0. The van der Waals surface area contributed by atoms with Crippen LogP contribution in [0.2, 0.25) is 0 Å². The van der Waals surface area contributed by atoms with E-state index in [4.69, 9.17) is 5.73 Å². The Morgan fingerprint density at radius 2 is 1.71 bits per heavy atom. The lowest BCUT2D eigenvalue weighted by atomic mass is 9.53. The molecule has 4 aliphatic rings. The largest absolute Gasteiger partial charge is 0.396 e. The predicted molar refractivity (Wildman–Crippen MR) is 79.2 cm³/mol. The summed E-state index contributed by atoms with van der Waals surface area (Å²) in [6.45, 7) is 0. The maximum absolute atomic E-state index is 13.5. The van der Waals surface area contributed by atoms with Crippen LogP contribution in [0.15, 0.2) is 18.2 Å². The Kier molecular flexibility index (Phi) is 2.78. The summed E-state index contributed by atoms with van der Waals surface area (Å²) in [6.07, 6.45) is 7.31. The van der Waals surface area contributed by atoms with Crippen molar-refractivity contribution in [3.05, 3.63) is 29.6 Å². The summed E-state index contributed by atoms with van der Waals surface area (Å²) >= 11 is 0. The highest BCUT2D eigenvalue weighted by Gasteiger charge is 2.51. The van der Waals surface area contributed by atoms with Gasteiger partial charge >= 0.3 is 0 Å². The first-order valence-electron chi connectivity index (χ1n) is 7.90. The molecule has 0 spiro atoms. The van der Waals surface area contributed by atoms with Crippen molar-refractivity contribution in [1.82, 2.24) is 5.32 Å². The van der Waals surface area contributed by atoms with E-state index < -0.39 is 5.82 Å². The van der Waals surface area contributed by atoms with Crippen molar-refractivity contribution in [2.75, 3.05) is 5.73 Å². The van der Waals surface area contributed by atoms with Gasteiger partial charge < -0.3 is 11.1 Å². The molecule has 1 amide bonds. The monoisotopic (exact) mass is 288 g/mol. The number of nitrogen functional groups attached to an aromatic ring is 1. The van der Waals surface area contributed by atoms with Crippen LogP contribution in [0.25, 0.3) is 0 Å². The van der Waals surface area contributed by atoms with Gasteiger partial charge in [0.1, 0.15) is 5.82 Å². The Morgan fingerprint density at radius 1 is 1.14 bits per heavy atom. The van der Waals surface area contributed by atoms with Gasteiger partial charge in [0.25, 0.3) is 5.91 Å². The fourth-order valence-corrected chi connectivity index (χ4v) is 5.25. The molecule has 0 aromatic heterocycles. The van der Waals surface area contributed by atoms with Crippen LogP contribution in [0.1, 0.15) is 48.9 Å². The van der Waals surface area contributed by atoms with Gasteiger partial charge in [0.15, 0.2) is 0 Å². The van der Waals surface area contributed by atoms with Crippen molar-refractivity contribution < 1.29 is 9.18 Å². The molecule has 4 bridgehead atoms. The van der Waals surface area contributed by atoms with Crippen LogP contribution in [0.3, 0.4) is 0 Å². The lowest BCUT2D eigenvalue weighted by Gasteiger charge is -2.56. The SMILES string of the molecule is Nc1ccc(C(=O)NC23CC4CC(CC(C4)C2)C3)cc1F. The number of rotatable bonds is 2. The highest BCUT2D eigenvalue weighted by molar-refractivity contribution is 5.95. The molecular weight excluding hydrogens is 267 g/mol. The first-order chi connectivity index (χ1) is 10.0. The molecule has 4 heteroatoms. The lowest BCUT2D eigenvalue weighted by Crippen LogP contribution is -2.59. The number of hydrogen-bond acceptors (Lipinski definition) is 2. The Balaban J connectivity index is 1.55. The van der Waals surface area contributed by atoms with Crippen LogP contribution in [-0.4, -0.2) is 11.4 Å². The topological polar surface area (TPSA) is 55.1 Å². The molecule has 0 aliphatic heterocycles. The molecule has 0 unspecified atom stereocenters. The first-order valence-corrected chi connectivity index (χ1v) is 7.90. The fraction of sp³-hybridized carbons (Fsp3) is 0.588. The molecule has 5 rings (SSSR count). The standard InChI is InChI=1S/C17H21FN2O/c18-14-6-13(1-2-15(14)19)16(21)20-17-7-10-3-11(8-17)5-12(4-10)9-17/h1-2,6,10-12H,3-5,7-9,19H2,(H,20,21). The number of benzene rings is 1. The summed E-state index contributed by atoms with van der Waals surface area (Å²) in [5.74, 6) is 1.66. The van der Waals surface area contributed by atoms with Crippen LogP contribution in [0, 0.1) is 23.6 Å². The van der Waals surface area contributed by atoms with Crippen LogP contribution in [-0.2, 0) is 0 Å². The Morgan fingerprint density at radius 3 is 2.24 bits per heavy atom. The van der Waals surface area contributed by atoms with Crippen LogP contribution in [0.4, 0.5) is 10.1 Å². The van der Waals surface area contributed by atoms with Crippen molar-refractivity contribution in [3.8, 4) is 0 Å². The van der Waals surface area contributed by atoms with E-state index in [-0.39, 0.29) is 17.1 Å². The number of halogens is 1. The van der Waals surface area contributed by atoms with E-state index in [0.717, 1.165) is 37.0 Å². The number of nitrogens with two attached hydrogens (primary N) is 1. The van der Waals surface area contributed by atoms with E-state index in [2.05, 4.69) is 5.32 Å². The highest BCUT2D eigenvalue weighted by atomic mass is 19.1. The van der Waals surface area contributed by atoms with E-state index in [1.165, 1.54) is 31.4 Å². The summed E-state index contributed by atoms with van der Waals surface area (Å²) < 4.78 is 13.5. The molecule has 4 saturated carbocycles. The molecule has 1 aromatic carbocycles. The average molecular weight is 288 g/mol. The van der Waals surface area contributed by atoms with Gasteiger partial charge in [-0.2, -0.15) is 0 Å². The van der Waals surface area contributed by atoms with Gasteiger partial charge in [-0.3, -0.25) is 4.79 Å². The molecule has 112 valence electrons. The minimum Gasteiger partial charge on any atom is -0.396 e. The van der Waals surface area contributed by atoms with E-state index in [9.17, 15) is 9.18 Å². The van der Waals surface area contributed by atoms with Crippen molar-refractivity contribution in [2.45, 2.75) is 44.1 Å². The smallest absolute Gasteiger partial charge is 0.251 e. The maximum Gasteiger partial charge on any atom is 0.251 e. The minimum atomic E-state index is -0.520. The third-order valence-electron chi connectivity index (χ3n) is 5.68. The highest BCUT2D eigenvalue weighted by Crippen LogP contribution is 2.55. The molecule has 0 heterocycles. The number of amides is 1. The van der Waals surface area contributed by atoms with Crippen molar-refractivity contribution >= 4 is 11.6 Å². The molecule has 3 N–H and O–H groups in total. The Labute approximate surface area is 124 Å². The molecule has 0 atom stereocenters. The number of hydrogen-bond donors (Lipinski definition) is 2. The second kappa shape index (κ2) is 4.46.